The average molecular weight is 345 g/mol. The minimum absolute atomic E-state index is 0.0399. The molecule has 1 aromatic carbocycles. The van der Waals surface area contributed by atoms with E-state index in [0.29, 0.717) is 28.9 Å². The fraction of sp³-hybridized carbons (Fsp3) is 0.467. The van der Waals surface area contributed by atoms with E-state index in [1.807, 2.05) is 6.92 Å². The summed E-state index contributed by atoms with van der Waals surface area (Å²) in [5, 5.41) is 3.63. The maximum atomic E-state index is 12.3. The topological polar surface area (TPSA) is 58.6 Å². The largest absolute Gasteiger partial charge is 0.383 e. The molecule has 7 heteroatoms. The first kappa shape index (κ1) is 17.1. The van der Waals surface area contributed by atoms with E-state index in [1.54, 1.807) is 30.2 Å². The molecule has 0 bridgehead atoms. The van der Waals surface area contributed by atoms with Crippen LogP contribution in [0.1, 0.15) is 13.3 Å². The average Bonchev–Trinajstić information content (AvgIpc) is 2.85. The van der Waals surface area contributed by atoms with Crippen LogP contribution >= 0.6 is 23.2 Å². The Balaban J connectivity index is 2.02. The lowest BCUT2D eigenvalue weighted by atomic mass is 10.1. The molecule has 1 aliphatic heterocycles. The van der Waals surface area contributed by atoms with Crippen molar-refractivity contribution in [1.29, 1.82) is 0 Å². The van der Waals surface area contributed by atoms with Crippen LogP contribution in [0.5, 0.6) is 0 Å². The van der Waals surface area contributed by atoms with E-state index in [9.17, 15) is 9.59 Å². The van der Waals surface area contributed by atoms with Gasteiger partial charge in [0.2, 0.25) is 11.8 Å². The summed E-state index contributed by atoms with van der Waals surface area (Å²) in [7, 11) is 1.59. The first-order valence-electron chi connectivity index (χ1n) is 6.96. The third-order valence-corrected chi connectivity index (χ3v) is 4.22. The predicted molar refractivity (Wildman–Crippen MR) is 86.2 cm³/mol. The van der Waals surface area contributed by atoms with Gasteiger partial charge in [-0.3, -0.25) is 9.59 Å². The Hall–Kier alpha value is -1.30. The van der Waals surface area contributed by atoms with Gasteiger partial charge in [0, 0.05) is 25.1 Å². The Morgan fingerprint density at radius 2 is 2.23 bits per heavy atom. The van der Waals surface area contributed by atoms with Crippen LogP contribution in [0.25, 0.3) is 0 Å². The molecule has 0 radical (unpaired) electrons. The molecule has 1 saturated heterocycles. The molecule has 120 valence electrons. The van der Waals surface area contributed by atoms with Crippen LogP contribution in [-0.4, -0.2) is 43.0 Å². The molecule has 1 aliphatic rings. The molecule has 0 spiro atoms. The molecule has 1 fully saturated rings. The summed E-state index contributed by atoms with van der Waals surface area (Å²) in [5.41, 5.74) is 0.454. The lowest BCUT2D eigenvalue weighted by molar-refractivity contribution is -0.130. The number of halogens is 2. The number of carbonyl (C=O) groups is 2. The zero-order valence-electron chi connectivity index (χ0n) is 12.4. The number of benzene rings is 1. The SMILES string of the molecule is COCC(C)N1CC(C(=O)Nc2cc(Cl)ccc2Cl)CC1=O. The van der Waals surface area contributed by atoms with Crippen molar-refractivity contribution in [3.8, 4) is 0 Å². The van der Waals surface area contributed by atoms with Crippen molar-refractivity contribution in [2.75, 3.05) is 25.6 Å². The molecular weight excluding hydrogens is 327 g/mol. The minimum Gasteiger partial charge on any atom is -0.383 e. The van der Waals surface area contributed by atoms with Crippen molar-refractivity contribution in [3.63, 3.8) is 0 Å². The van der Waals surface area contributed by atoms with Crippen LogP contribution in [-0.2, 0) is 14.3 Å². The van der Waals surface area contributed by atoms with Crippen LogP contribution in [0.15, 0.2) is 18.2 Å². The summed E-state index contributed by atoms with van der Waals surface area (Å²) in [6, 6.07) is 4.80. The molecular formula is C15H18Cl2N2O3. The van der Waals surface area contributed by atoms with Crippen LogP contribution < -0.4 is 5.32 Å². The van der Waals surface area contributed by atoms with Gasteiger partial charge in [-0.05, 0) is 25.1 Å². The van der Waals surface area contributed by atoms with E-state index in [-0.39, 0.29) is 24.3 Å². The van der Waals surface area contributed by atoms with Crippen molar-refractivity contribution in [2.24, 2.45) is 5.92 Å². The summed E-state index contributed by atoms with van der Waals surface area (Å²) in [6.45, 7) is 2.73. The molecule has 5 nitrogen and oxygen atoms in total. The first-order chi connectivity index (χ1) is 10.4. The summed E-state index contributed by atoms with van der Waals surface area (Å²) in [4.78, 5) is 26.0. The monoisotopic (exact) mass is 344 g/mol. The van der Waals surface area contributed by atoms with Crippen molar-refractivity contribution in [1.82, 2.24) is 4.90 Å². The second kappa shape index (κ2) is 7.31. The van der Waals surface area contributed by atoms with E-state index in [2.05, 4.69) is 5.32 Å². The summed E-state index contributed by atoms with van der Waals surface area (Å²) < 4.78 is 5.06. The van der Waals surface area contributed by atoms with E-state index >= 15 is 0 Å². The number of nitrogens with zero attached hydrogens (tertiary/aromatic N) is 1. The maximum absolute atomic E-state index is 12.3. The van der Waals surface area contributed by atoms with Gasteiger partial charge in [0.15, 0.2) is 0 Å². The first-order valence-corrected chi connectivity index (χ1v) is 7.72. The number of methoxy groups -OCH3 is 1. The Labute approximate surface area is 139 Å². The molecule has 0 aromatic heterocycles. The van der Waals surface area contributed by atoms with Gasteiger partial charge in [-0.1, -0.05) is 23.2 Å². The number of nitrogens with one attached hydrogen (secondary N) is 1. The summed E-state index contributed by atoms with van der Waals surface area (Å²) in [5.74, 6) is -0.673. The van der Waals surface area contributed by atoms with Crippen LogP contribution in [0, 0.1) is 5.92 Å². The van der Waals surface area contributed by atoms with E-state index in [4.69, 9.17) is 27.9 Å². The Morgan fingerprint density at radius 1 is 1.50 bits per heavy atom. The molecule has 2 amide bonds. The number of hydrogen-bond acceptors (Lipinski definition) is 3. The molecule has 0 aliphatic carbocycles. The Bertz CT molecular complexity index is 580. The number of carbonyl (C=O) groups excluding carboxylic acids is 2. The van der Waals surface area contributed by atoms with Crippen molar-refractivity contribution < 1.29 is 14.3 Å². The number of amides is 2. The van der Waals surface area contributed by atoms with Crippen molar-refractivity contribution in [2.45, 2.75) is 19.4 Å². The standard InChI is InChI=1S/C15H18Cl2N2O3/c1-9(8-22-2)19-7-10(5-14(19)20)15(21)18-13-6-11(16)3-4-12(13)17/h3-4,6,9-10H,5,7-8H2,1-2H3,(H,18,21). The highest BCUT2D eigenvalue weighted by Gasteiger charge is 2.36. The molecule has 22 heavy (non-hydrogen) atoms. The number of likely N-dealkylation sites (tertiary alicyclic amines) is 1. The third kappa shape index (κ3) is 3.91. The van der Waals surface area contributed by atoms with E-state index in [1.165, 1.54) is 0 Å². The second-order valence-corrected chi connectivity index (χ2v) is 6.21. The van der Waals surface area contributed by atoms with Gasteiger partial charge in [0.1, 0.15) is 0 Å². The highest BCUT2D eigenvalue weighted by molar-refractivity contribution is 6.35. The molecule has 2 unspecified atom stereocenters. The number of anilines is 1. The van der Waals surface area contributed by atoms with Crippen LogP contribution in [0.4, 0.5) is 5.69 Å². The highest BCUT2D eigenvalue weighted by Crippen LogP contribution is 2.27. The van der Waals surface area contributed by atoms with Crippen molar-refractivity contribution in [3.05, 3.63) is 28.2 Å². The lowest BCUT2D eigenvalue weighted by Gasteiger charge is -2.23. The fourth-order valence-corrected chi connectivity index (χ4v) is 2.83. The van der Waals surface area contributed by atoms with Gasteiger partial charge in [-0.25, -0.2) is 0 Å². The van der Waals surface area contributed by atoms with Crippen LogP contribution in [0.2, 0.25) is 10.0 Å². The predicted octanol–water partition coefficient (Wildman–Crippen LogP) is 2.82. The number of ether oxygens (including phenoxy) is 1. The molecule has 1 heterocycles. The van der Waals surface area contributed by atoms with Gasteiger partial charge >= 0.3 is 0 Å². The molecule has 1 aromatic rings. The summed E-state index contributed by atoms with van der Waals surface area (Å²) in [6.07, 6.45) is 0.193. The quantitative estimate of drug-likeness (QED) is 0.893. The summed E-state index contributed by atoms with van der Waals surface area (Å²) >= 11 is 11.9. The van der Waals surface area contributed by atoms with Gasteiger partial charge < -0.3 is 15.0 Å². The molecule has 2 rings (SSSR count). The molecule has 2 atom stereocenters. The molecule has 1 N–H and O–H groups in total. The Morgan fingerprint density at radius 3 is 2.91 bits per heavy atom. The van der Waals surface area contributed by atoms with Gasteiger partial charge in [-0.2, -0.15) is 0 Å². The lowest BCUT2D eigenvalue weighted by Crippen LogP contribution is -2.38. The van der Waals surface area contributed by atoms with Crippen molar-refractivity contribution >= 4 is 40.7 Å². The van der Waals surface area contributed by atoms with Gasteiger partial charge in [0.05, 0.1) is 29.3 Å². The number of rotatable bonds is 5. The third-order valence-electron chi connectivity index (χ3n) is 3.66. The van der Waals surface area contributed by atoms with E-state index in [0.717, 1.165) is 0 Å². The Kier molecular flexibility index (Phi) is 5.67. The smallest absolute Gasteiger partial charge is 0.229 e. The van der Waals surface area contributed by atoms with Gasteiger partial charge in [-0.15, -0.1) is 0 Å². The highest BCUT2D eigenvalue weighted by atomic mass is 35.5. The maximum Gasteiger partial charge on any atom is 0.229 e. The second-order valence-electron chi connectivity index (χ2n) is 5.36. The van der Waals surface area contributed by atoms with E-state index < -0.39 is 5.92 Å². The normalized spacial score (nSPS) is 19.4. The zero-order chi connectivity index (χ0) is 16.3. The minimum atomic E-state index is -0.401. The number of hydrogen-bond donors (Lipinski definition) is 1. The molecule has 0 saturated carbocycles. The fourth-order valence-electron chi connectivity index (χ4n) is 2.49. The zero-order valence-corrected chi connectivity index (χ0v) is 13.9. The van der Waals surface area contributed by atoms with Gasteiger partial charge in [0.25, 0.3) is 0 Å². The van der Waals surface area contributed by atoms with Crippen LogP contribution in [0.3, 0.4) is 0 Å².